The van der Waals surface area contributed by atoms with Crippen molar-refractivity contribution in [3.8, 4) is 6.07 Å². The van der Waals surface area contributed by atoms with Crippen molar-refractivity contribution >= 4 is 12.5 Å². The molecule has 0 spiro atoms. The quantitative estimate of drug-likeness (QED) is 0.552. The highest BCUT2D eigenvalue weighted by Crippen LogP contribution is 2.05. The minimum Gasteiger partial charge on any atom is -0.266 e. The molecule has 0 bridgehead atoms. The van der Waals surface area contributed by atoms with Crippen LogP contribution < -0.4 is 0 Å². The molecule has 0 fully saturated rings. The number of aromatic amines is 1. The van der Waals surface area contributed by atoms with Gasteiger partial charge >= 0.3 is 0 Å². The molecule has 1 N–H and O–H groups in total. The zero-order valence-electron chi connectivity index (χ0n) is 4.63. The van der Waals surface area contributed by atoms with Crippen LogP contribution in [-0.2, 0) is 0 Å². The first-order valence-electron chi connectivity index (χ1n) is 2.29. The van der Waals surface area contributed by atoms with Crippen molar-refractivity contribution in [1.29, 1.82) is 5.26 Å². The Kier molecular flexibility index (Phi) is 1.28. The van der Waals surface area contributed by atoms with Crippen LogP contribution in [0.4, 0.5) is 5.82 Å². The van der Waals surface area contributed by atoms with Gasteiger partial charge in [-0.2, -0.15) is 10.4 Å². The number of rotatable bonds is 1. The third kappa shape index (κ3) is 0.941. The van der Waals surface area contributed by atoms with Crippen LogP contribution in [-0.4, -0.2) is 16.9 Å². The molecule has 4 nitrogen and oxygen atoms in total. The van der Waals surface area contributed by atoms with E-state index in [4.69, 9.17) is 5.26 Å². The molecular weight excluding hydrogens is 116 g/mol. The number of H-pyrrole nitrogens is 1. The predicted octanol–water partition coefficient (Wildman–Crippen LogP) is 0.613. The molecule has 1 rings (SSSR count). The van der Waals surface area contributed by atoms with Crippen molar-refractivity contribution in [3.05, 3.63) is 11.8 Å². The molecule has 0 saturated heterocycles. The lowest BCUT2D eigenvalue weighted by atomic mass is 10.5. The largest absolute Gasteiger partial charge is 0.266 e. The normalized spacial score (nSPS) is 8.33. The molecule has 0 atom stereocenters. The highest BCUT2D eigenvalue weighted by Gasteiger charge is 1.93. The fourth-order valence-corrected chi connectivity index (χ4v) is 0.449. The van der Waals surface area contributed by atoms with Gasteiger partial charge in [-0.15, -0.1) is 0 Å². The summed E-state index contributed by atoms with van der Waals surface area (Å²) >= 11 is 0. The molecule has 9 heavy (non-hydrogen) atoms. The van der Waals surface area contributed by atoms with E-state index in [0.717, 1.165) is 0 Å². The molecule has 0 aliphatic rings. The first kappa shape index (κ1) is 5.51. The number of nitriles is 1. The van der Waals surface area contributed by atoms with Crippen LogP contribution in [0, 0.1) is 11.3 Å². The Balaban J connectivity index is 3.03. The number of nitrogens with zero attached hydrogens (tertiary/aromatic N) is 3. The van der Waals surface area contributed by atoms with Gasteiger partial charge in [-0.25, -0.2) is 4.99 Å². The molecule has 0 aliphatic carbocycles. The second kappa shape index (κ2) is 2.09. The van der Waals surface area contributed by atoms with Crippen LogP contribution in [0.25, 0.3) is 0 Å². The van der Waals surface area contributed by atoms with Crippen LogP contribution in [0.15, 0.2) is 11.1 Å². The smallest absolute Gasteiger partial charge is 0.174 e. The van der Waals surface area contributed by atoms with Crippen LogP contribution in [0.1, 0.15) is 5.69 Å². The molecule has 0 amide bonds. The van der Waals surface area contributed by atoms with Gasteiger partial charge in [-0.1, -0.05) is 0 Å². The van der Waals surface area contributed by atoms with Gasteiger partial charge in [0.15, 0.2) is 5.82 Å². The van der Waals surface area contributed by atoms with E-state index in [1.165, 1.54) is 6.07 Å². The molecule has 0 radical (unpaired) electrons. The van der Waals surface area contributed by atoms with Crippen LogP contribution in [0.2, 0.25) is 0 Å². The van der Waals surface area contributed by atoms with E-state index in [1.807, 2.05) is 6.07 Å². The van der Waals surface area contributed by atoms with Crippen molar-refractivity contribution < 1.29 is 0 Å². The van der Waals surface area contributed by atoms with Crippen molar-refractivity contribution in [2.24, 2.45) is 4.99 Å². The highest BCUT2D eigenvalue weighted by atomic mass is 15.2. The predicted molar refractivity (Wildman–Crippen MR) is 32.5 cm³/mol. The maximum Gasteiger partial charge on any atom is 0.174 e. The van der Waals surface area contributed by atoms with Crippen molar-refractivity contribution in [2.75, 3.05) is 0 Å². The van der Waals surface area contributed by atoms with Gasteiger partial charge in [0, 0.05) is 6.07 Å². The SMILES string of the molecule is C=Nc1cc(C#N)[nH]n1. The van der Waals surface area contributed by atoms with Crippen molar-refractivity contribution in [1.82, 2.24) is 10.2 Å². The number of nitrogens with one attached hydrogen (secondary N) is 1. The summed E-state index contributed by atoms with van der Waals surface area (Å²) in [7, 11) is 0. The standard InChI is InChI=1S/C5H4N4/c1-7-5-2-4(3-6)8-9-5/h2H,1H2,(H,8,9). The summed E-state index contributed by atoms with van der Waals surface area (Å²) in [6.45, 7) is 3.24. The zero-order valence-corrected chi connectivity index (χ0v) is 4.63. The second-order valence-electron chi connectivity index (χ2n) is 1.41. The van der Waals surface area contributed by atoms with Gasteiger partial charge in [0.1, 0.15) is 11.8 Å². The van der Waals surface area contributed by atoms with E-state index in [0.29, 0.717) is 11.5 Å². The molecule has 1 aromatic rings. The summed E-state index contributed by atoms with van der Waals surface area (Å²) in [6, 6.07) is 3.40. The lowest BCUT2D eigenvalue weighted by Gasteiger charge is -1.70. The summed E-state index contributed by atoms with van der Waals surface area (Å²) in [5.74, 6) is 0.451. The molecule has 0 aromatic carbocycles. The van der Waals surface area contributed by atoms with Crippen molar-refractivity contribution in [3.63, 3.8) is 0 Å². The van der Waals surface area contributed by atoms with E-state index < -0.39 is 0 Å². The van der Waals surface area contributed by atoms with Gasteiger partial charge < -0.3 is 0 Å². The fourth-order valence-electron chi connectivity index (χ4n) is 0.449. The minimum absolute atomic E-state index is 0.400. The average Bonchev–Trinajstić information content (AvgIpc) is 2.34. The Morgan fingerprint density at radius 1 is 1.89 bits per heavy atom. The van der Waals surface area contributed by atoms with Crippen LogP contribution >= 0.6 is 0 Å². The molecule has 1 heterocycles. The van der Waals surface area contributed by atoms with E-state index in [-0.39, 0.29) is 0 Å². The minimum atomic E-state index is 0.400. The monoisotopic (exact) mass is 120 g/mol. The van der Waals surface area contributed by atoms with E-state index >= 15 is 0 Å². The lowest BCUT2D eigenvalue weighted by Crippen LogP contribution is -1.68. The molecule has 1 aromatic heterocycles. The maximum absolute atomic E-state index is 8.26. The Morgan fingerprint density at radius 3 is 3.00 bits per heavy atom. The zero-order chi connectivity index (χ0) is 6.69. The summed E-state index contributed by atoms with van der Waals surface area (Å²) < 4.78 is 0. The molecular formula is C5H4N4. The van der Waals surface area contributed by atoms with E-state index in [2.05, 4.69) is 21.9 Å². The summed E-state index contributed by atoms with van der Waals surface area (Å²) in [5.41, 5.74) is 0.400. The molecule has 0 aliphatic heterocycles. The Morgan fingerprint density at radius 2 is 2.67 bits per heavy atom. The highest BCUT2D eigenvalue weighted by molar-refractivity contribution is 5.41. The number of hydrogen-bond acceptors (Lipinski definition) is 3. The van der Waals surface area contributed by atoms with E-state index in [1.54, 1.807) is 0 Å². The lowest BCUT2D eigenvalue weighted by molar-refractivity contribution is 1.07. The van der Waals surface area contributed by atoms with Crippen LogP contribution in [0.5, 0.6) is 0 Å². The summed E-state index contributed by atoms with van der Waals surface area (Å²) in [6.07, 6.45) is 0. The third-order valence-corrected chi connectivity index (χ3v) is 0.847. The Hall–Kier alpha value is -1.63. The van der Waals surface area contributed by atoms with Crippen LogP contribution in [0.3, 0.4) is 0 Å². The summed E-state index contributed by atoms with van der Waals surface area (Å²) in [5, 5.41) is 14.4. The average molecular weight is 120 g/mol. The summed E-state index contributed by atoms with van der Waals surface area (Å²) in [4.78, 5) is 3.50. The first-order valence-corrected chi connectivity index (χ1v) is 2.29. The number of hydrogen-bond donors (Lipinski definition) is 1. The third-order valence-electron chi connectivity index (χ3n) is 0.847. The molecule has 4 heteroatoms. The van der Waals surface area contributed by atoms with Crippen molar-refractivity contribution in [2.45, 2.75) is 0 Å². The number of aromatic nitrogens is 2. The maximum atomic E-state index is 8.26. The van der Waals surface area contributed by atoms with Gasteiger partial charge in [0.05, 0.1) is 0 Å². The molecule has 0 saturated carbocycles. The molecule has 0 unspecified atom stereocenters. The number of aliphatic imine (C=N–C) groups is 1. The Labute approximate surface area is 51.8 Å². The molecule has 44 valence electrons. The topological polar surface area (TPSA) is 64.8 Å². The van der Waals surface area contributed by atoms with E-state index in [9.17, 15) is 0 Å². The van der Waals surface area contributed by atoms with Gasteiger partial charge in [0.2, 0.25) is 0 Å². The van der Waals surface area contributed by atoms with Gasteiger partial charge in [-0.05, 0) is 6.72 Å². The second-order valence-corrected chi connectivity index (χ2v) is 1.41. The fraction of sp³-hybridized carbons (Fsp3) is 0. The van der Waals surface area contributed by atoms with Gasteiger partial charge in [0.25, 0.3) is 0 Å². The van der Waals surface area contributed by atoms with Gasteiger partial charge in [-0.3, -0.25) is 5.10 Å². The Bertz CT molecular complexity index is 254. The first-order chi connectivity index (χ1) is 4.36.